The topological polar surface area (TPSA) is 93.0 Å². The molecule has 0 radical (unpaired) electrons. The highest BCUT2D eigenvalue weighted by Gasteiger charge is 2.15. The van der Waals surface area contributed by atoms with Crippen LogP contribution in [0.4, 0.5) is 0 Å². The van der Waals surface area contributed by atoms with Gasteiger partial charge >= 0.3 is 5.97 Å². The third-order valence-electron chi connectivity index (χ3n) is 0.907. The molecule has 6 nitrogen and oxygen atoms in total. The van der Waals surface area contributed by atoms with Gasteiger partial charge in [-0.05, 0) is 0 Å². The van der Waals surface area contributed by atoms with E-state index in [0.717, 1.165) is 12.5 Å². The van der Waals surface area contributed by atoms with Gasteiger partial charge in [0.1, 0.15) is 6.33 Å². The van der Waals surface area contributed by atoms with Crippen LogP contribution in [0.2, 0.25) is 0 Å². The first kappa shape index (κ1) is 7.26. The summed E-state index contributed by atoms with van der Waals surface area (Å²) in [6.07, 6.45) is 2.15. The molecule has 0 aliphatic heterocycles. The van der Waals surface area contributed by atoms with E-state index >= 15 is 0 Å². The Labute approximate surface area is 60.9 Å². The molecule has 1 heterocycles. The lowest BCUT2D eigenvalue weighted by Crippen LogP contribution is -2.15. The third kappa shape index (κ3) is 1.54. The summed E-state index contributed by atoms with van der Waals surface area (Å²) in [5.41, 5.74) is -0.264. The van der Waals surface area contributed by atoms with Crippen LogP contribution in [-0.2, 0) is 4.79 Å². The highest BCUT2D eigenvalue weighted by Crippen LogP contribution is 1.89. The van der Waals surface area contributed by atoms with Gasteiger partial charge in [0, 0.05) is 0 Å². The molecule has 0 saturated heterocycles. The number of carboxylic acids is 1. The number of carbonyl (C=O) groups excluding carboxylic acids is 1. The van der Waals surface area contributed by atoms with E-state index < -0.39 is 11.8 Å². The molecule has 56 valence electrons. The largest absolute Gasteiger partial charge is 0.475 e. The van der Waals surface area contributed by atoms with Crippen molar-refractivity contribution in [1.82, 2.24) is 15.2 Å². The van der Waals surface area contributed by atoms with Crippen LogP contribution in [0.25, 0.3) is 0 Å². The second-order valence-corrected chi connectivity index (χ2v) is 1.63. The molecule has 11 heavy (non-hydrogen) atoms. The molecule has 0 aliphatic rings. The quantitative estimate of drug-likeness (QED) is 0.439. The molecule has 1 aromatic rings. The molecule has 0 fully saturated rings. The number of rotatable bonds is 2. The van der Waals surface area contributed by atoms with Crippen molar-refractivity contribution < 1.29 is 14.7 Å². The first-order chi connectivity index (χ1) is 5.22. The summed E-state index contributed by atoms with van der Waals surface area (Å²) in [6.45, 7) is 0. The Morgan fingerprint density at radius 1 is 1.45 bits per heavy atom. The molecule has 0 spiro atoms. The van der Waals surface area contributed by atoms with E-state index in [1.807, 2.05) is 0 Å². The minimum atomic E-state index is -1.56. The van der Waals surface area contributed by atoms with E-state index in [1.165, 1.54) is 0 Å². The molecule has 1 rings (SSSR count). The maximum Gasteiger partial charge on any atom is 0.379 e. The van der Waals surface area contributed by atoms with Gasteiger partial charge in [0.2, 0.25) is 0 Å². The molecule has 0 aliphatic carbocycles. The zero-order valence-electron chi connectivity index (χ0n) is 5.26. The predicted octanol–water partition coefficient (Wildman–Crippen LogP) is -0.861. The van der Waals surface area contributed by atoms with Crippen molar-refractivity contribution in [2.45, 2.75) is 0 Å². The number of carboxylic acid groups (broad SMARTS) is 1. The Bertz CT molecular complexity index is 284. The maximum absolute atomic E-state index is 10.6. The second kappa shape index (κ2) is 2.82. The van der Waals surface area contributed by atoms with Gasteiger partial charge in [-0.1, -0.05) is 0 Å². The minimum absolute atomic E-state index is 0.264. The van der Waals surface area contributed by atoms with E-state index in [-0.39, 0.29) is 5.69 Å². The highest BCUT2D eigenvalue weighted by atomic mass is 16.4. The van der Waals surface area contributed by atoms with Crippen molar-refractivity contribution in [2.24, 2.45) is 0 Å². The van der Waals surface area contributed by atoms with Crippen molar-refractivity contribution in [3.8, 4) is 0 Å². The first-order valence-electron chi connectivity index (χ1n) is 2.62. The lowest BCUT2D eigenvalue weighted by Gasteiger charge is -1.89. The predicted molar refractivity (Wildman–Crippen MR) is 31.8 cm³/mol. The number of hydrogen-bond acceptors (Lipinski definition) is 5. The fourth-order valence-electron chi connectivity index (χ4n) is 0.461. The summed E-state index contributed by atoms with van der Waals surface area (Å²) in [6, 6.07) is 0. The molecule has 0 saturated carbocycles. The normalized spacial score (nSPS) is 9.09. The fraction of sp³-hybridized carbons (Fsp3) is 0. The van der Waals surface area contributed by atoms with Gasteiger partial charge in [-0.25, -0.2) is 9.78 Å². The van der Waals surface area contributed by atoms with E-state index in [2.05, 4.69) is 15.2 Å². The number of nitrogens with zero attached hydrogens (tertiary/aromatic N) is 3. The standard InChI is InChI=1S/C5H3N3O3/c9-4(5(10)11)3-1-6-2-7-8-3/h1-2H,(H,10,11). The van der Waals surface area contributed by atoms with Gasteiger partial charge in [-0.3, -0.25) is 4.79 Å². The number of Topliss-reactive ketones (excluding diaryl/α,β-unsaturated/α-hetero) is 1. The number of ketones is 1. The minimum Gasteiger partial charge on any atom is -0.475 e. The summed E-state index contributed by atoms with van der Waals surface area (Å²) in [5, 5.41) is 14.7. The van der Waals surface area contributed by atoms with Crippen LogP contribution >= 0.6 is 0 Å². The fourth-order valence-corrected chi connectivity index (χ4v) is 0.461. The van der Waals surface area contributed by atoms with Gasteiger partial charge in [0.25, 0.3) is 5.78 Å². The SMILES string of the molecule is O=C(O)C(=O)c1cncnn1. The van der Waals surface area contributed by atoms with Crippen molar-refractivity contribution in [3.63, 3.8) is 0 Å². The molecule has 0 bridgehead atoms. The average Bonchev–Trinajstić information content (AvgIpc) is 2.05. The zero-order chi connectivity index (χ0) is 8.27. The summed E-state index contributed by atoms with van der Waals surface area (Å²) in [4.78, 5) is 24.1. The van der Waals surface area contributed by atoms with Crippen LogP contribution in [0.1, 0.15) is 10.5 Å². The van der Waals surface area contributed by atoms with Gasteiger partial charge in [0.15, 0.2) is 5.69 Å². The van der Waals surface area contributed by atoms with Crippen LogP contribution in [0.3, 0.4) is 0 Å². The van der Waals surface area contributed by atoms with Crippen LogP contribution in [-0.4, -0.2) is 32.0 Å². The van der Waals surface area contributed by atoms with Crippen molar-refractivity contribution >= 4 is 11.8 Å². The summed E-state index contributed by atoms with van der Waals surface area (Å²) in [5.74, 6) is -2.67. The van der Waals surface area contributed by atoms with Gasteiger partial charge in [-0.15, -0.1) is 10.2 Å². The maximum atomic E-state index is 10.6. The molecule has 6 heteroatoms. The van der Waals surface area contributed by atoms with Crippen LogP contribution in [0.15, 0.2) is 12.5 Å². The summed E-state index contributed by atoms with van der Waals surface area (Å²) in [7, 11) is 0. The lowest BCUT2D eigenvalue weighted by atomic mass is 10.3. The second-order valence-electron chi connectivity index (χ2n) is 1.63. The van der Waals surface area contributed by atoms with Crippen molar-refractivity contribution in [2.75, 3.05) is 0 Å². The Balaban J connectivity index is 2.95. The molecule has 0 unspecified atom stereocenters. The first-order valence-corrected chi connectivity index (χ1v) is 2.62. The Morgan fingerprint density at radius 2 is 2.18 bits per heavy atom. The van der Waals surface area contributed by atoms with E-state index in [1.54, 1.807) is 0 Å². The molecule has 0 aromatic carbocycles. The highest BCUT2D eigenvalue weighted by molar-refractivity contribution is 6.39. The molecular formula is C5H3N3O3. The summed E-state index contributed by atoms with van der Waals surface area (Å²) >= 11 is 0. The molecular weight excluding hydrogens is 150 g/mol. The number of aliphatic carboxylic acids is 1. The van der Waals surface area contributed by atoms with E-state index in [4.69, 9.17) is 5.11 Å². The Hall–Kier alpha value is -1.85. The van der Waals surface area contributed by atoms with Gasteiger partial charge in [-0.2, -0.15) is 0 Å². The molecule has 0 atom stereocenters. The Morgan fingerprint density at radius 3 is 2.64 bits per heavy atom. The number of carbonyl (C=O) groups is 2. The average molecular weight is 153 g/mol. The van der Waals surface area contributed by atoms with E-state index in [0.29, 0.717) is 0 Å². The van der Waals surface area contributed by atoms with Crippen molar-refractivity contribution in [1.29, 1.82) is 0 Å². The van der Waals surface area contributed by atoms with Crippen LogP contribution in [0.5, 0.6) is 0 Å². The molecule has 1 aromatic heterocycles. The molecule has 0 amide bonds. The van der Waals surface area contributed by atoms with Gasteiger partial charge in [0.05, 0.1) is 6.20 Å². The Kier molecular flexibility index (Phi) is 1.86. The number of hydrogen-bond donors (Lipinski definition) is 1. The van der Waals surface area contributed by atoms with Crippen LogP contribution < -0.4 is 0 Å². The van der Waals surface area contributed by atoms with Crippen molar-refractivity contribution in [3.05, 3.63) is 18.2 Å². The van der Waals surface area contributed by atoms with E-state index in [9.17, 15) is 9.59 Å². The third-order valence-corrected chi connectivity index (χ3v) is 0.907. The number of aromatic nitrogens is 3. The molecule has 1 N–H and O–H groups in total. The lowest BCUT2D eigenvalue weighted by molar-refractivity contribution is -0.131. The zero-order valence-corrected chi connectivity index (χ0v) is 5.26. The van der Waals surface area contributed by atoms with Crippen LogP contribution in [0, 0.1) is 0 Å². The monoisotopic (exact) mass is 153 g/mol. The smallest absolute Gasteiger partial charge is 0.379 e. The van der Waals surface area contributed by atoms with Gasteiger partial charge < -0.3 is 5.11 Å². The summed E-state index contributed by atoms with van der Waals surface area (Å²) < 4.78 is 0.